The van der Waals surface area contributed by atoms with Crippen LogP contribution in [0.3, 0.4) is 0 Å². The SMILES string of the molecule is CCNC(=O)Nc1ccc(F)cc1C(=O)O. The van der Waals surface area contributed by atoms with Crippen LogP contribution < -0.4 is 10.6 Å². The smallest absolute Gasteiger partial charge is 0.337 e. The number of hydrogen-bond acceptors (Lipinski definition) is 2. The predicted octanol–water partition coefficient (Wildman–Crippen LogP) is 1.67. The molecule has 0 saturated heterocycles. The van der Waals surface area contributed by atoms with Gasteiger partial charge in [0.1, 0.15) is 5.82 Å². The Morgan fingerprint density at radius 1 is 1.44 bits per heavy atom. The van der Waals surface area contributed by atoms with Crippen LogP contribution in [0.5, 0.6) is 0 Å². The average molecular weight is 226 g/mol. The van der Waals surface area contributed by atoms with E-state index >= 15 is 0 Å². The van der Waals surface area contributed by atoms with E-state index in [1.165, 1.54) is 6.07 Å². The van der Waals surface area contributed by atoms with Gasteiger partial charge in [0.15, 0.2) is 0 Å². The van der Waals surface area contributed by atoms with Crippen LogP contribution in [0.25, 0.3) is 0 Å². The van der Waals surface area contributed by atoms with E-state index in [4.69, 9.17) is 5.11 Å². The second-order valence-electron chi connectivity index (χ2n) is 2.98. The molecule has 0 unspecified atom stereocenters. The Morgan fingerprint density at radius 2 is 2.12 bits per heavy atom. The summed E-state index contributed by atoms with van der Waals surface area (Å²) in [6.07, 6.45) is 0. The summed E-state index contributed by atoms with van der Waals surface area (Å²) < 4.78 is 12.8. The fraction of sp³-hybridized carbons (Fsp3) is 0.200. The summed E-state index contributed by atoms with van der Waals surface area (Å²) >= 11 is 0. The molecule has 1 aromatic rings. The van der Waals surface area contributed by atoms with Gasteiger partial charge in [-0.05, 0) is 25.1 Å². The molecule has 1 aromatic carbocycles. The summed E-state index contributed by atoms with van der Waals surface area (Å²) in [7, 11) is 0. The molecule has 0 aliphatic carbocycles. The number of carboxylic acid groups (broad SMARTS) is 1. The molecule has 5 nitrogen and oxygen atoms in total. The van der Waals surface area contributed by atoms with Gasteiger partial charge in [-0.2, -0.15) is 0 Å². The molecule has 0 bridgehead atoms. The van der Waals surface area contributed by atoms with Gasteiger partial charge in [-0.15, -0.1) is 0 Å². The number of carboxylic acids is 1. The summed E-state index contributed by atoms with van der Waals surface area (Å²) in [5, 5.41) is 13.6. The highest BCUT2D eigenvalue weighted by molar-refractivity contribution is 5.99. The van der Waals surface area contributed by atoms with Gasteiger partial charge in [0.25, 0.3) is 0 Å². The van der Waals surface area contributed by atoms with Crippen molar-refractivity contribution in [2.24, 2.45) is 0 Å². The number of benzene rings is 1. The molecule has 0 atom stereocenters. The van der Waals surface area contributed by atoms with Crippen molar-refractivity contribution >= 4 is 17.7 Å². The monoisotopic (exact) mass is 226 g/mol. The molecule has 1 rings (SSSR count). The zero-order chi connectivity index (χ0) is 12.1. The Morgan fingerprint density at radius 3 is 2.69 bits per heavy atom. The topological polar surface area (TPSA) is 78.4 Å². The molecule has 0 heterocycles. The van der Waals surface area contributed by atoms with Crippen molar-refractivity contribution < 1.29 is 19.1 Å². The average Bonchev–Trinajstić information content (AvgIpc) is 2.20. The Hall–Kier alpha value is -2.11. The zero-order valence-electron chi connectivity index (χ0n) is 8.58. The highest BCUT2D eigenvalue weighted by Gasteiger charge is 2.12. The Bertz CT molecular complexity index is 421. The summed E-state index contributed by atoms with van der Waals surface area (Å²) in [5.74, 6) is -1.97. The van der Waals surface area contributed by atoms with E-state index in [0.29, 0.717) is 6.54 Å². The molecule has 0 aliphatic heterocycles. The number of halogens is 1. The van der Waals surface area contributed by atoms with Crippen molar-refractivity contribution in [3.8, 4) is 0 Å². The molecule has 3 N–H and O–H groups in total. The number of nitrogens with one attached hydrogen (secondary N) is 2. The third kappa shape index (κ3) is 2.94. The maximum absolute atomic E-state index is 12.8. The zero-order valence-corrected chi connectivity index (χ0v) is 8.58. The first-order chi connectivity index (χ1) is 7.54. The maximum atomic E-state index is 12.8. The van der Waals surface area contributed by atoms with E-state index in [1.54, 1.807) is 6.92 Å². The minimum atomic E-state index is -1.30. The highest BCUT2D eigenvalue weighted by atomic mass is 19.1. The molecule has 86 valence electrons. The summed E-state index contributed by atoms with van der Waals surface area (Å²) in [6.45, 7) is 2.14. The molecule has 0 saturated carbocycles. The van der Waals surface area contributed by atoms with Crippen molar-refractivity contribution in [2.45, 2.75) is 6.92 Å². The van der Waals surface area contributed by atoms with Gasteiger partial charge < -0.3 is 15.7 Å². The van der Waals surface area contributed by atoms with Gasteiger partial charge in [-0.3, -0.25) is 0 Å². The predicted molar refractivity (Wildman–Crippen MR) is 56.1 cm³/mol. The van der Waals surface area contributed by atoms with Crippen molar-refractivity contribution in [1.82, 2.24) is 5.32 Å². The first-order valence-electron chi connectivity index (χ1n) is 4.62. The van der Waals surface area contributed by atoms with Crippen LogP contribution in [0.4, 0.5) is 14.9 Å². The van der Waals surface area contributed by atoms with Gasteiger partial charge in [-0.1, -0.05) is 0 Å². The standard InChI is InChI=1S/C10H11FN2O3/c1-2-12-10(16)13-8-4-3-6(11)5-7(8)9(14)15/h3-5H,2H2,1H3,(H,14,15)(H2,12,13,16). The third-order valence-corrected chi connectivity index (χ3v) is 1.80. The van der Waals surface area contributed by atoms with E-state index in [-0.39, 0.29) is 11.3 Å². The Balaban J connectivity index is 2.95. The molecule has 6 heteroatoms. The molecule has 0 aliphatic rings. The number of anilines is 1. The number of hydrogen-bond donors (Lipinski definition) is 3. The highest BCUT2D eigenvalue weighted by Crippen LogP contribution is 2.16. The number of urea groups is 1. The van der Waals surface area contributed by atoms with Crippen LogP contribution in [0, 0.1) is 5.82 Å². The molecular weight excluding hydrogens is 215 g/mol. The lowest BCUT2D eigenvalue weighted by Gasteiger charge is -2.08. The second-order valence-corrected chi connectivity index (χ2v) is 2.98. The minimum Gasteiger partial charge on any atom is -0.478 e. The summed E-state index contributed by atoms with van der Waals surface area (Å²) in [4.78, 5) is 21.9. The van der Waals surface area contributed by atoms with E-state index in [0.717, 1.165) is 12.1 Å². The lowest BCUT2D eigenvalue weighted by molar-refractivity contribution is 0.0697. The minimum absolute atomic E-state index is 0.0554. The van der Waals surface area contributed by atoms with Crippen LogP contribution >= 0.6 is 0 Å². The number of amides is 2. The Kier molecular flexibility index (Phi) is 3.82. The van der Waals surface area contributed by atoms with Crippen LogP contribution in [-0.4, -0.2) is 23.7 Å². The molecule has 0 aromatic heterocycles. The van der Waals surface area contributed by atoms with Crippen LogP contribution in [0.15, 0.2) is 18.2 Å². The van der Waals surface area contributed by atoms with Crippen LogP contribution in [0.2, 0.25) is 0 Å². The van der Waals surface area contributed by atoms with Crippen LogP contribution in [0.1, 0.15) is 17.3 Å². The van der Waals surface area contributed by atoms with E-state index in [2.05, 4.69) is 10.6 Å². The lowest BCUT2D eigenvalue weighted by Crippen LogP contribution is -2.29. The molecule has 0 spiro atoms. The van der Waals surface area contributed by atoms with Gasteiger partial charge in [0.05, 0.1) is 11.3 Å². The van der Waals surface area contributed by atoms with Gasteiger partial charge in [0.2, 0.25) is 0 Å². The molecule has 2 amide bonds. The first-order valence-corrected chi connectivity index (χ1v) is 4.62. The van der Waals surface area contributed by atoms with E-state index < -0.39 is 17.8 Å². The second kappa shape index (κ2) is 5.11. The van der Waals surface area contributed by atoms with Crippen molar-refractivity contribution in [3.05, 3.63) is 29.6 Å². The number of aromatic carboxylic acids is 1. The quantitative estimate of drug-likeness (QED) is 0.733. The van der Waals surface area contributed by atoms with Gasteiger partial charge in [-0.25, -0.2) is 14.0 Å². The van der Waals surface area contributed by atoms with E-state index in [9.17, 15) is 14.0 Å². The normalized spacial score (nSPS) is 9.62. The summed E-state index contributed by atoms with van der Waals surface area (Å²) in [6, 6.07) is 2.60. The Labute approximate surface area is 91.3 Å². The molecular formula is C10H11FN2O3. The van der Waals surface area contributed by atoms with E-state index in [1.807, 2.05) is 0 Å². The van der Waals surface area contributed by atoms with Gasteiger partial charge >= 0.3 is 12.0 Å². The van der Waals surface area contributed by atoms with Crippen molar-refractivity contribution in [3.63, 3.8) is 0 Å². The van der Waals surface area contributed by atoms with Crippen molar-refractivity contribution in [1.29, 1.82) is 0 Å². The number of carbonyl (C=O) groups is 2. The fourth-order valence-electron chi connectivity index (χ4n) is 1.13. The first kappa shape index (κ1) is 12.0. The summed E-state index contributed by atoms with van der Waals surface area (Å²) in [5.41, 5.74) is -0.230. The number of rotatable bonds is 3. The number of carbonyl (C=O) groups excluding carboxylic acids is 1. The lowest BCUT2D eigenvalue weighted by atomic mass is 10.2. The van der Waals surface area contributed by atoms with Crippen molar-refractivity contribution in [2.75, 3.05) is 11.9 Å². The maximum Gasteiger partial charge on any atom is 0.337 e. The molecule has 0 fully saturated rings. The van der Waals surface area contributed by atoms with Gasteiger partial charge in [0, 0.05) is 6.54 Å². The van der Waals surface area contributed by atoms with Crippen LogP contribution in [-0.2, 0) is 0 Å². The third-order valence-electron chi connectivity index (χ3n) is 1.80. The molecule has 16 heavy (non-hydrogen) atoms. The largest absolute Gasteiger partial charge is 0.478 e. The molecule has 0 radical (unpaired) electrons. The fourth-order valence-corrected chi connectivity index (χ4v) is 1.13.